The summed E-state index contributed by atoms with van der Waals surface area (Å²) in [4.78, 5) is 10.4. The first-order valence-electron chi connectivity index (χ1n) is 2.41. The van der Waals surface area contributed by atoms with Crippen LogP contribution in [-0.2, 0) is 25.2 Å². The lowest BCUT2D eigenvalue weighted by molar-refractivity contribution is -0.147. The molecular formula is C4H7FO4S. The summed E-state index contributed by atoms with van der Waals surface area (Å²) in [6, 6.07) is 0. The molecular weight excluding hydrogens is 163 g/mol. The lowest BCUT2D eigenvalue weighted by atomic mass is 10.4. The second kappa shape index (κ2) is 4.35. The fourth-order valence-electron chi connectivity index (χ4n) is 0.319. The number of carbonyl (C=O) groups is 1. The Balaban J connectivity index is 3.72. The Bertz CT molecular complexity index is 148. The van der Waals surface area contributed by atoms with E-state index in [1.165, 1.54) is 6.92 Å². The molecule has 0 radical (unpaired) electrons. The van der Waals surface area contributed by atoms with E-state index in [-0.39, 0.29) is 0 Å². The van der Waals surface area contributed by atoms with Crippen LogP contribution < -0.4 is 0 Å². The lowest BCUT2D eigenvalue weighted by Gasteiger charge is -2.04. The quantitative estimate of drug-likeness (QED) is 0.445. The van der Waals surface area contributed by atoms with E-state index < -0.39 is 23.5 Å². The second-order valence-electron chi connectivity index (χ2n) is 1.46. The molecule has 2 atom stereocenters. The van der Waals surface area contributed by atoms with Gasteiger partial charge in [-0.05, 0) is 6.92 Å². The van der Waals surface area contributed by atoms with Gasteiger partial charge in [0.2, 0.25) is 0 Å². The van der Waals surface area contributed by atoms with Crippen molar-refractivity contribution in [3.05, 3.63) is 0 Å². The highest BCUT2D eigenvalue weighted by molar-refractivity contribution is 7.74. The average molecular weight is 170 g/mol. The molecule has 0 amide bonds. The number of hydrogen-bond acceptors (Lipinski definition) is 4. The highest BCUT2D eigenvalue weighted by Gasteiger charge is 2.16. The van der Waals surface area contributed by atoms with Gasteiger partial charge < -0.3 is 4.74 Å². The molecule has 0 heterocycles. The summed E-state index contributed by atoms with van der Waals surface area (Å²) < 4.78 is 29.3. The Morgan fingerprint density at radius 3 is 2.50 bits per heavy atom. The normalized spacial score (nSPS) is 15.9. The maximum absolute atomic E-state index is 11.5. The summed E-state index contributed by atoms with van der Waals surface area (Å²) in [5.41, 5.74) is 0. The molecule has 0 aliphatic rings. The van der Waals surface area contributed by atoms with Gasteiger partial charge in [0.05, 0.1) is 7.11 Å². The van der Waals surface area contributed by atoms with Crippen molar-refractivity contribution in [2.75, 3.05) is 7.11 Å². The zero-order valence-corrected chi connectivity index (χ0v) is 6.31. The molecule has 0 fully saturated rings. The van der Waals surface area contributed by atoms with Gasteiger partial charge in [-0.2, -0.15) is 4.21 Å². The first kappa shape index (κ1) is 9.51. The van der Waals surface area contributed by atoms with Crippen LogP contribution in [0.3, 0.4) is 0 Å². The first-order chi connectivity index (χ1) is 4.57. The third-order valence-corrected chi connectivity index (χ3v) is 1.19. The monoisotopic (exact) mass is 170 g/mol. The summed E-state index contributed by atoms with van der Waals surface area (Å²) in [7, 11) is 1.13. The molecule has 0 aromatic carbocycles. The van der Waals surface area contributed by atoms with Crippen LogP contribution in [0.25, 0.3) is 0 Å². The van der Waals surface area contributed by atoms with Gasteiger partial charge >= 0.3 is 17.4 Å². The largest absolute Gasteiger partial charge is 0.467 e. The third kappa shape index (κ3) is 3.52. The zero-order chi connectivity index (χ0) is 8.15. The molecule has 2 unspecified atom stereocenters. The van der Waals surface area contributed by atoms with Gasteiger partial charge in [-0.15, -0.1) is 3.89 Å². The predicted molar refractivity (Wildman–Crippen MR) is 31.8 cm³/mol. The summed E-state index contributed by atoms with van der Waals surface area (Å²) >= 11 is -2.92. The molecule has 0 N–H and O–H groups in total. The topological polar surface area (TPSA) is 52.6 Å². The third-order valence-electron chi connectivity index (χ3n) is 0.753. The molecule has 0 aliphatic carbocycles. The van der Waals surface area contributed by atoms with Gasteiger partial charge in [0, 0.05) is 0 Å². The van der Waals surface area contributed by atoms with Crippen molar-refractivity contribution in [3.8, 4) is 0 Å². The van der Waals surface area contributed by atoms with Crippen molar-refractivity contribution in [3.63, 3.8) is 0 Å². The standard InChI is InChI=1S/C4H7FO4S/c1-3(4(6)8-2)9-10(5)7/h3H,1-2H3. The molecule has 0 saturated heterocycles. The number of rotatable bonds is 3. The zero-order valence-electron chi connectivity index (χ0n) is 5.50. The Labute approximate surface area is 60.3 Å². The Morgan fingerprint density at radius 1 is 1.70 bits per heavy atom. The van der Waals surface area contributed by atoms with E-state index in [4.69, 9.17) is 0 Å². The lowest BCUT2D eigenvalue weighted by Crippen LogP contribution is -2.21. The number of hydrogen-bond donors (Lipinski definition) is 0. The molecule has 4 nitrogen and oxygen atoms in total. The fraction of sp³-hybridized carbons (Fsp3) is 0.750. The van der Waals surface area contributed by atoms with E-state index in [9.17, 15) is 12.9 Å². The van der Waals surface area contributed by atoms with E-state index in [0.29, 0.717) is 0 Å². The molecule has 6 heteroatoms. The smallest absolute Gasteiger partial charge is 0.345 e. The summed E-state index contributed by atoms with van der Waals surface area (Å²) in [6.45, 7) is 1.24. The van der Waals surface area contributed by atoms with Crippen molar-refractivity contribution in [2.45, 2.75) is 13.0 Å². The van der Waals surface area contributed by atoms with Gasteiger partial charge in [-0.1, -0.05) is 0 Å². The summed E-state index contributed by atoms with van der Waals surface area (Å²) in [5.74, 6) is -0.758. The number of methoxy groups -OCH3 is 1. The van der Waals surface area contributed by atoms with Crippen LogP contribution in [0.2, 0.25) is 0 Å². The van der Waals surface area contributed by atoms with Crippen LogP contribution in [0.15, 0.2) is 0 Å². The molecule has 0 aromatic rings. The molecule has 0 spiro atoms. The first-order valence-corrected chi connectivity index (χ1v) is 3.38. The second-order valence-corrected chi connectivity index (χ2v) is 2.04. The van der Waals surface area contributed by atoms with Gasteiger partial charge in [0.1, 0.15) is 0 Å². The van der Waals surface area contributed by atoms with Crippen molar-refractivity contribution in [1.82, 2.24) is 0 Å². The van der Waals surface area contributed by atoms with Crippen LogP contribution in [0.5, 0.6) is 0 Å². The summed E-state index contributed by atoms with van der Waals surface area (Å²) in [6.07, 6.45) is -1.13. The van der Waals surface area contributed by atoms with Crippen LogP contribution >= 0.6 is 0 Å². The van der Waals surface area contributed by atoms with Crippen molar-refractivity contribution < 1.29 is 21.8 Å². The average Bonchev–Trinajstić information content (AvgIpc) is 1.85. The minimum absolute atomic E-state index is 0.758. The fourth-order valence-corrected chi connectivity index (χ4v) is 0.624. The van der Waals surface area contributed by atoms with Crippen LogP contribution in [0.1, 0.15) is 6.92 Å². The molecule has 0 saturated carbocycles. The van der Waals surface area contributed by atoms with E-state index >= 15 is 0 Å². The Morgan fingerprint density at radius 2 is 2.20 bits per heavy atom. The van der Waals surface area contributed by atoms with Crippen molar-refractivity contribution >= 4 is 17.4 Å². The number of halogens is 1. The maximum atomic E-state index is 11.5. The Kier molecular flexibility index (Phi) is 4.13. The van der Waals surface area contributed by atoms with E-state index in [2.05, 4.69) is 8.92 Å². The van der Waals surface area contributed by atoms with Crippen molar-refractivity contribution in [1.29, 1.82) is 0 Å². The van der Waals surface area contributed by atoms with Gasteiger partial charge in [-0.3, -0.25) is 4.18 Å². The van der Waals surface area contributed by atoms with Gasteiger partial charge in [-0.25, -0.2) is 4.79 Å². The van der Waals surface area contributed by atoms with Crippen LogP contribution in [0.4, 0.5) is 3.89 Å². The predicted octanol–water partition coefficient (Wildman–Crippen LogP) is 0.113. The molecule has 0 bridgehead atoms. The SMILES string of the molecule is COC(=O)C(C)OS(=O)F. The van der Waals surface area contributed by atoms with E-state index in [0.717, 1.165) is 7.11 Å². The van der Waals surface area contributed by atoms with Crippen molar-refractivity contribution in [2.24, 2.45) is 0 Å². The Hall–Kier alpha value is -0.490. The molecule has 10 heavy (non-hydrogen) atoms. The van der Waals surface area contributed by atoms with Gasteiger partial charge in [0.15, 0.2) is 6.10 Å². The van der Waals surface area contributed by atoms with E-state index in [1.807, 2.05) is 0 Å². The number of esters is 1. The maximum Gasteiger partial charge on any atom is 0.345 e. The number of carbonyl (C=O) groups excluding carboxylic acids is 1. The molecule has 60 valence electrons. The molecule has 0 aliphatic heterocycles. The number of ether oxygens (including phenoxy) is 1. The van der Waals surface area contributed by atoms with E-state index in [1.54, 1.807) is 0 Å². The van der Waals surface area contributed by atoms with Crippen LogP contribution in [0, 0.1) is 0 Å². The highest BCUT2D eigenvalue weighted by atomic mass is 32.2. The minimum Gasteiger partial charge on any atom is -0.467 e. The molecule has 0 aromatic heterocycles. The minimum atomic E-state index is -2.92. The van der Waals surface area contributed by atoms with Gasteiger partial charge in [0.25, 0.3) is 0 Å². The molecule has 0 rings (SSSR count). The summed E-state index contributed by atoms with van der Waals surface area (Å²) in [5, 5.41) is 0. The highest BCUT2D eigenvalue weighted by Crippen LogP contribution is 1.97. The van der Waals surface area contributed by atoms with Crippen LogP contribution in [-0.4, -0.2) is 23.4 Å².